The highest BCUT2D eigenvalue weighted by Crippen LogP contribution is 2.24. The van der Waals surface area contributed by atoms with Crippen LogP contribution in [-0.4, -0.2) is 16.5 Å². The number of rotatable bonds is 4. The summed E-state index contributed by atoms with van der Waals surface area (Å²) in [7, 11) is 0. The Morgan fingerprint density at radius 3 is 2.71 bits per heavy atom. The minimum atomic E-state index is 0.708. The van der Waals surface area contributed by atoms with Crippen LogP contribution in [-0.2, 0) is 6.42 Å². The van der Waals surface area contributed by atoms with Crippen molar-refractivity contribution in [3.05, 3.63) is 41.3 Å². The molecule has 0 radical (unpaired) electrons. The van der Waals surface area contributed by atoms with Crippen LogP contribution in [0, 0.1) is 13.8 Å². The van der Waals surface area contributed by atoms with E-state index in [0.29, 0.717) is 6.54 Å². The fourth-order valence-corrected chi connectivity index (χ4v) is 2.01. The molecule has 0 amide bonds. The van der Waals surface area contributed by atoms with Gasteiger partial charge in [-0.2, -0.15) is 0 Å². The molecule has 3 N–H and O–H groups in total. The third-order valence-electron chi connectivity index (χ3n) is 2.95. The van der Waals surface area contributed by atoms with E-state index in [1.807, 2.05) is 0 Å². The van der Waals surface area contributed by atoms with Crippen LogP contribution in [0.5, 0.6) is 0 Å². The Morgan fingerprint density at radius 2 is 2.00 bits per heavy atom. The van der Waals surface area contributed by atoms with Gasteiger partial charge in [0.25, 0.3) is 0 Å². The molecule has 3 nitrogen and oxygen atoms in total. The maximum atomic E-state index is 5.51. The molecule has 0 aliphatic carbocycles. The molecule has 90 valence electrons. The van der Waals surface area contributed by atoms with Crippen LogP contribution in [0.1, 0.15) is 23.5 Å². The minimum Gasteiger partial charge on any atom is -0.346 e. The smallest absolute Gasteiger partial charge is 0.107 e. The summed E-state index contributed by atoms with van der Waals surface area (Å²) in [5.74, 6) is 1.03. The van der Waals surface area contributed by atoms with E-state index in [1.54, 1.807) is 0 Å². The van der Waals surface area contributed by atoms with Gasteiger partial charge in [0.2, 0.25) is 0 Å². The van der Waals surface area contributed by atoms with Gasteiger partial charge in [0.1, 0.15) is 5.82 Å². The van der Waals surface area contributed by atoms with Crippen molar-refractivity contribution in [2.24, 2.45) is 5.73 Å². The van der Waals surface area contributed by atoms with Crippen LogP contribution < -0.4 is 5.73 Å². The Hall–Kier alpha value is -1.61. The van der Waals surface area contributed by atoms with Gasteiger partial charge in [0.15, 0.2) is 0 Å². The van der Waals surface area contributed by atoms with Crippen molar-refractivity contribution < 1.29 is 0 Å². The molecule has 0 bridgehead atoms. The number of H-pyrrole nitrogens is 1. The fourth-order valence-electron chi connectivity index (χ4n) is 2.01. The van der Waals surface area contributed by atoms with Crippen molar-refractivity contribution in [1.82, 2.24) is 9.97 Å². The number of hydrogen-bond acceptors (Lipinski definition) is 2. The molecule has 0 aliphatic heterocycles. The van der Waals surface area contributed by atoms with Gasteiger partial charge < -0.3 is 10.7 Å². The highest BCUT2D eigenvalue weighted by molar-refractivity contribution is 5.65. The Morgan fingerprint density at radius 1 is 1.24 bits per heavy atom. The lowest BCUT2D eigenvalue weighted by Crippen LogP contribution is -2.01. The van der Waals surface area contributed by atoms with E-state index in [4.69, 9.17) is 5.73 Å². The van der Waals surface area contributed by atoms with Gasteiger partial charge in [-0.05, 0) is 32.4 Å². The Labute approximate surface area is 102 Å². The first kappa shape index (κ1) is 11.9. The zero-order valence-electron chi connectivity index (χ0n) is 10.5. The highest BCUT2D eigenvalue weighted by Gasteiger charge is 2.10. The predicted molar refractivity (Wildman–Crippen MR) is 70.9 cm³/mol. The monoisotopic (exact) mass is 229 g/mol. The molecular formula is C14H19N3. The van der Waals surface area contributed by atoms with E-state index < -0.39 is 0 Å². The maximum Gasteiger partial charge on any atom is 0.107 e. The Kier molecular flexibility index (Phi) is 3.59. The van der Waals surface area contributed by atoms with E-state index in [1.165, 1.54) is 11.1 Å². The molecule has 1 heterocycles. The average Bonchev–Trinajstić information content (AvgIpc) is 2.68. The maximum absolute atomic E-state index is 5.51. The van der Waals surface area contributed by atoms with Crippen LogP contribution in [0.15, 0.2) is 24.3 Å². The lowest BCUT2D eigenvalue weighted by Gasteiger charge is -2.02. The van der Waals surface area contributed by atoms with Crippen molar-refractivity contribution in [2.45, 2.75) is 26.7 Å². The second kappa shape index (κ2) is 5.15. The molecule has 2 aromatic rings. The highest BCUT2D eigenvalue weighted by atomic mass is 14.9. The van der Waals surface area contributed by atoms with Gasteiger partial charge in [0.05, 0.1) is 5.69 Å². The van der Waals surface area contributed by atoms with E-state index in [2.05, 4.69) is 48.1 Å². The summed E-state index contributed by atoms with van der Waals surface area (Å²) in [5, 5.41) is 0. The second-order valence-corrected chi connectivity index (χ2v) is 4.36. The number of aryl methyl sites for hydroxylation is 3. The second-order valence-electron chi connectivity index (χ2n) is 4.36. The molecule has 1 aromatic carbocycles. The zero-order valence-corrected chi connectivity index (χ0v) is 10.5. The summed E-state index contributed by atoms with van der Waals surface area (Å²) in [6, 6.07) is 8.33. The van der Waals surface area contributed by atoms with Gasteiger partial charge >= 0.3 is 0 Å². The van der Waals surface area contributed by atoms with Crippen molar-refractivity contribution >= 4 is 0 Å². The number of aromatic nitrogens is 2. The molecule has 0 unspecified atom stereocenters. The molecule has 0 spiro atoms. The Balaban J connectivity index is 2.33. The van der Waals surface area contributed by atoms with Crippen LogP contribution >= 0.6 is 0 Å². The minimum absolute atomic E-state index is 0.708. The van der Waals surface area contributed by atoms with Crippen LogP contribution in [0.25, 0.3) is 11.3 Å². The van der Waals surface area contributed by atoms with Crippen molar-refractivity contribution in [3.8, 4) is 11.3 Å². The standard InChI is InChI=1S/C14H19N3/c1-10-6-3-4-7-12(10)14-11(2)16-13(17-14)8-5-9-15/h3-4,6-7H,5,8-9,15H2,1-2H3,(H,16,17). The van der Waals surface area contributed by atoms with E-state index in [9.17, 15) is 0 Å². The molecule has 2 rings (SSSR count). The number of imidazole rings is 1. The summed E-state index contributed by atoms with van der Waals surface area (Å²) in [5.41, 5.74) is 10.2. The zero-order chi connectivity index (χ0) is 12.3. The molecule has 1 aromatic heterocycles. The first-order chi connectivity index (χ1) is 8.22. The summed E-state index contributed by atoms with van der Waals surface area (Å²) in [6.07, 6.45) is 1.89. The number of nitrogens with one attached hydrogen (secondary N) is 1. The third kappa shape index (κ3) is 2.56. The average molecular weight is 229 g/mol. The van der Waals surface area contributed by atoms with Gasteiger partial charge in [-0.25, -0.2) is 4.98 Å². The normalized spacial score (nSPS) is 10.8. The molecule has 3 heteroatoms. The summed E-state index contributed by atoms with van der Waals surface area (Å²) < 4.78 is 0. The third-order valence-corrected chi connectivity index (χ3v) is 2.95. The molecule has 0 fully saturated rings. The quantitative estimate of drug-likeness (QED) is 0.846. The Bertz CT molecular complexity index is 500. The largest absolute Gasteiger partial charge is 0.346 e. The number of nitrogens with zero attached hydrogens (tertiary/aromatic N) is 1. The van der Waals surface area contributed by atoms with Crippen LogP contribution in [0.3, 0.4) is 0 Å². The van der Waals surface area contributed by atoms with Crippen molar-refractivity contribution in [3.63, 3.8) is 0 Å². The lowest BCUT2D eigenvalue weighted by molar-refractivity contribution is 0.792. The van der Waals surface area contributed by atoms with E-state index >= 15 is 0 Å². The lowest BCUT2D eigenvalue weighted by atomic mass is 10.1. The van der Waals surface area contributed by atoms with Crippen molar-refractivity contribution in [2.75, 3.05) is 6.54 Å². The van der Waals surface area contributed by atoms with Crippen molar-refractivity contribution in [1.29, 1.82) is 0 Å². The van der Waals surface area contributed by atoms with Crippen LogP contribution in [0.2, 0.25) is 0 Å². The van der Waals surface area contributed by atoms with Gasteiger partial charge in [0, 0.05) is 17.7 Å². The molecular weight excluding hydrogens is 210 g/mol. The first-order valence-electron chi connectivity index (χ1n) is 6.04. The fraction of sp³-hybridized carbons (Fsp3) is 0.357. The number of aromatic amines is 1. The summed E-state index contributed by atoms with van der Waals surface area (Å²) in [6.45, 7) is 4.89. The molecule has 0 saturated carbocycles. The topological polar surface area (TPSA) is 54.7 Å². The predicted octanol–water partition coefficient (Wildman–Crippen LogP) is 2.58. The molecule has 0 aliphatic rings. The number of hydrogen-bond donors (Lipinski definition) is 2. The molecule has 0 saturated heterocycles. The van der Waals surface area contributed by atoms with E-state index in [-0.39, 0.29) is 0 Å². The van der Waals surface area contributed by atoms with Gasteiger partial charge in [-0.1, -0.05) is 24.3 Å². The first-order valence-corrected chi connectivity index (χ1v) is 6.04. The SMILES string of the molecule is Cc1ccccc1-c1nc(CCCN)[nH]c1C. The number of nitrogens with two attached hydrogens (primary N) is 1. The number of benzene rings is 1. The summed E-state index contributed by atoms with van der Waals surface area (Å²) in [4.78, 5) is 8.01. The van der Waals surface area contributed by atoms with E-state index in [0.717, 1.165) is 30.1 Å². The summed E-state index contributed by atoms with van der Waals surface area (Å²) >= 11 is 0. The van der Waals surface area contributed by atoms with Crippen LogP contribution in [0.4, 0.5) is 0 Å². The molecule has 0 atom stereocenters. The molecule has 17 heavy (non-hydrogen) atoms. The van der Waals surface area contributed by atoms with Gasteiger partial charge in [-0.15, -0.1) is 0 Å². The van der Waals surface area contributed by atoms with Gasteiger partial charge in [-0.3, -0.25) is 0 Å².